The Labute approximate surface area is 136 Å². The van der Waals surface area contributed by atoms with Gasteiger partial charge in [-0.15, -0.1) is 0 Å². The van der Waals surface area contributed by atoms with E-state index in [0.29, 0.717) is 5.92 Å². The van der Waals surface area contributed by atoms with E-state index in [9.17, 15) is 13.2 Å². The van der Waals surface area contributed by atoms with Crippen LogP contribution in [0.15, 0.2) is 29.2 Å². The number of nitrogens with one attached hydrogen (secondary N) is 2. The lowest BCUT2D eigenvalue weighted by atomic mass is 9.86. The molecule has 0 unspecified atom stereocenters. The normalized spacial score (nSPS) is 21.4. The third kappa shape index (κ3) is 4.53. The van der Waals surface area contributed by atoms with Gasteiger partial charge in [0.15, 0.2) is 0 Å². The van der Waals surface area contributed by atoms with Crippen LogP contribution in [0.25, 0.3) is 0 Å². The van der Waals surface area contributed by atoms with Crippen molar-refractivity contribution in [2.24, 2.45) is 5.92 Å². The Morgan fingerprint density at radius 3 is 2.70 bits per heavy atom. The molecule has 0 aromatic heterocycles. The second kappa shape index (κ2) is 7.57. The monoisotopic (exact) mass is 335 g/mol. The quantitative estimate of drug-likeness (QED) is 0.852. The van der Waals surface area contributed by atoms with Crippen molar-refractivity contribution in [1.29, 1.82) is 5.26 Å². The number of hydrogen-bond acceptors (Lipinski definition) is 4. The highest BCUT2D eigenvalue weighted by atomic mass is 32.2. The molecule has 7 heteroatoms. The Balaban J connectivity index is 1.96. The van der Waals surface area contributed by atoms with Gasteiger partial charge in [-0.1, -0.05) is 31.9 Å². The second-order valence-corrected chi connectivity index (χ2v) is 7.60. The van der Waals surface area contributed by atoms with Gasteiger partial charge in [0.05, 0.1) is 17.0 Å². The molecule has 1 aliphatic rings. The predicted molar refractivity (Wildman–Crippen MR) is 85.9 cm³/mol. The average molecular weight is 335 g/mol. The zero-order chi connectivity index (χ0) is 16.9. The van der Waals surface area contributed by atoms with Gasteiger partial charge in [0.1, 0.15) is 6.07 Å². The van der Waals surface area contributed by atoms with E-state index in [-0.39, 0.29) is 29.0 Å². The van der Waals surface area contributed by atoms with Crippen LogP contribution in [-0.4, -0.2) is 26.9 Å². The van der Waals surface area contributed by atoms with E-state index in [4.69, 9.17) is 5.26 Å². The highest BCUT2D eigenvalue weighted by Crippen LogP contribution is 2.23. The van der Waals surface area contributed by atoms with Crippen LogP contribution in [0.4, 0.5) is 0 Å². The predicted octanol–water partition coefficient (Wildman–Crippen LogP) is 1.53. The number of sulfonamides is 1. The van der Waals surface area contributed by atoms with Gasteiger partial charge in [0.25, 0.3) is 0 Å². The smallest absolute Gasteiger partial charge is 0.242 e. The summed E-state index contributed by atoms with van der Waals surface area (Å²) in [6, 6.07) is 7.86. The summed E-state index contributed by atoms with van der Waals surface area (Å²) in [6.07, 6.45) is 4.25. The minimum Gasteiger partial charge on any atom is -0.352 e. The molecular formula is C16H21N3O3S. The molecule has 23 heavy (non-hydrogen) atoms. The third-order valence-corrected chi connectivity index (χ3v) is 5.64. The summed E-state index contributed by atoms with van der Waals surface area (Å²) in [5.41, 5.74) is 0.0568. The topological polar surface area (TPSA) is 99.1 Å². The van der Waals surface area contributed by atoms with Crippen LogP contribution in [-0.2, 0) is 14.8 Å². The van der Waals surface area contributed by atoms with Gasteiger partial charge in [-0.25, -0.2) is 13.1 Å². The van der Waals surface area contributed by atoms with E-state index < -0.39 is 10.0 Å². The number of carbonyl (C=O) groups is 1. The number of nitriles is 1. The highest BCUT2D eigenvalue weighted by molar-refractivity contribution is 7.89. The van der Waals surface area contributed by atoms with Crippen LogP contribution < -0.4 is 10.0 Å². The fraction of sp³-hybridized carbons (Fsp3) is 0.500. The molecule has 1 saturated carbocycles. The first-order chi connectivity index (χ1) is 10.9. The van der Waals surface area contributed by atoms with Crippen molar-refractivity contribution in [2.45, 2.75) is 43.5 Å². The van der Waals surface area contributed by atoms with Crippen molar-refractivity contribution < 1.29 is 13.2 Å². The van der Waals surface area contributed by atoms with E-state index in [0.717, 1.165) is 19.3 Å². The molecule has 1 amide bonds. The first kappa shape index (κ1) is 17.4. The molecule has 1 aromatic carbocycles. The van der Waals surface area contributed by atoms with Gasteiger partial charge in [0.2, 0.25) is 15.9 Å². The van der Waals surface area contributed by atoms with E-state index in [2.05, 4.69) is 17.0 Å². The SMILES string of the molecule is C[C@H]1CCCC[C@H]1NC(=O)CNS(=O)(=O)c1ccccc1C#N. The van der Waals surface area contributed by atoms with Crippen molar-refractivity contribution in [3.05, 3.63) is 29.8 Å². The van der Waals surface area contributed by atoms with Gasteiger partial charge >= 0.3 is 0 Å². The molecule has 0 aliphatic heterocycles. The van der Waals surface area contributed by atoms with E-state index in [1.807, 2.05) is 6.07 Å². The molecule has 0 saturated heterocycles. The highest BCUT2D eigenvalue weighted by Gasteiger charge is 2.24. The third-order valence-electron chi connectivity index (χ3n) is 4.18. The van der Waals surface area contributed by atoms with E-state index >= 15 is 0 Å². The van der Waals surface area contributed by atoms with Crippen molar-refractivity contribution in [2.75, 3.05) is 6.54 Å². The first-order valence-corrected chi connectivity index (χ1v) is 9.20. The number of amides is 1. The second-order valence-electron chi connectivity index (χ2n) is 5.87. The van der Waals surface area contributed by atoms with Gasteiger partial charge in [-0.3, -0.25) is 4.79 Å². The van der Waals surface area contributed by atoms with Crippen LogP contribution in [0.3, 0.4) is 0 Å². The maximum absolute atomic E-state index is 12.2. The van der Waals surface area contributed by atoms with Crippen LogP contribution in [0.1, 0.15) is 38.2 Å². The van der Waals surface area contributed by atoms with Crippen molar-refractivity contribution in [3.63, 3.8) is 0 Å². The average Bonchev–Trinajstić information content (AvgIpc) is 2.55. The molecule has 0 bridgehead atoms. The molecular weight excluding hydrogens is 314 g/mol. The molecule has 1 aromatic rings. The number of carbonyl (C=O) groups excluding carboxylic acids is 1. The number of rotatable bonds is 5. The van der Waals surface area contributed by atoms with Crippen molar-refractivity contribution >= 4 is 15.9 Å². The summed E-state index contributed by atoms with van der Waals surface area (Å²) in [7, 11) is -3.89. The Bertz CT molecular complexity index is 710. The molecule has 1 fully saturated rings. The summed E-state index contributed by atoms with van der Waals surface area (Å²) in [4.78, 5) is 11.9. The largest absolute Gasteiger partial charge is 0.352 e. The Kier molecular flexibility index (Phi) is 5.74. The van der Waals surface area contributed by atoms with Gasteiger partial charge in [-0.2, -0.15) is 5.26 Å². The minimum absolute atomic E-state index is 0.0568. The van der Waals surface area contributed by atoms with Crippen molar-refractivity contribution in [1.82, 2.24) is 10.0 Å². The molecule has 2 atom stereocenters. The lowest BCUT2D eigenvalue weighted by Gasteiger charge is -2.29. The first-order valence-electron chi connectivity index (χ1n) is 7.72. The summed E-state index contributed by atoms with van der Waals surface area (Å²) in [5.74, 6) is 0.0605. The fourth-order valence-corrected chi connectivity index (χ4v) is 3.96. The Morgan fingerprint density at radius 1 is 1.30 bits per heavy atom. The summed E-state index contributed by atoms with van der Waals surface area (Å²) in [6.45, 7) is 1.77. The number of hydrogen-bond donors (Lipinski definition) is 2. The maximum atomic E-state index is 12.2. The van der Waals surface area contributed by atoms with Crippen LogP contribution >= 0.6 is 0 Å². The van der Waals surface area contributed by atoms with Crippen LogP contribution in [0.2, 0.25) is 0 Å². The Morgan fingerprint density at radius 2 is 2.00 bits per heavy atom. The summed E-state index contributed by atoms with van der Waals surface area (Å²) in [5, 5.41) is 11.9. The van der Waals surface area contributed by atoms with Gasteiger partial charge < -0.3 is 5.32 Å². The summed E-state index contributed by atoms with van der Waals surface area (Å²) >= 11 is 0. The number of nitrogens with zero attached hydrogens (tertiary/aromatic N) is 1. The van der Waals surface area contributed by atoms with E-state index in [1.54, 1.807) is 12.1 Å². The molecule has 124 valence electrons. The van der Waals surface area contributed by atoms with Crippen molar-refractivity contribution in [3.8, 4) is 6.07 Å². The van der Waals surface area contributed by atoms with Gasteiger partial charge in [0, 0.05) is 6.04 Å². The van der Waals surface area contributed by atoms with E-state index in [1.165, 1.54) is 18.6 Å². The van der Waals surface area contributed by atoms with Crippen LogP contribution in [0.5, 0.6) is 0 Å². The zero-order valence-corrected chi connectivity index (χ0v) is 13.9. The Hall–Kier alpha value is -1.91. The maximum Gasteiger partial charge on any atom is 0.242 e. The lowest BCUT2D eigenvalue weighted by molar-refractivity contribution is -0.121. The zero-order valence-electron chi connectivity index (χ0n) is 13.1. The molecule has 1 aliphatic carbocycles. The number of benzene rings is 1. The molecule has 2 rings (SSSR count). The molecule has 0 radical (unpaired) electrons. The standard InChI is InChI=1S/C16H21N3O3S/c1-12-6-2-4-8-14(12)19-16(20)11-18-23(21,22)15-9-5-3-7-13(15)10-17/h3,5,7,9,12,14,18H,2,4,6,8,11H2,1H3,(H,19,20)/t12-,14+/m0/s1. The minimum atomic E-state index is -3.89. The van der Waals surface area contributed by atoms with Crippen LogP contribution in [0, 0.1) is 17.2 Å². The molecule has 0 spiro atoms. The fourth-order valence-electron chi connectivity index (χ4n) is 2.82. The van der Waals surface area contributed by atoms with Gasteiger partial charge in [-0.05, 0) is 30.9 Å². The molecule has 0 heterocycles. The lowest BCUT2D eigenvalue weighted by Crippen LogP contribution is -2.45. The summed E-state index contributed by atoms with van der Waals surface area (Å²) < 4.78 is 26.7. The molecule has 6 nitrogen and oxygen atoms in total. The molecule has 2 N–H and O–H groups in total.